The summed E-state index contributed by atoms with van der Waals surface area (Å²) in [7, 11) is 0. The van der Waals surface area contributed by atoms with E-state index in [9.17, 15) is 4.79 Å². The van der Waals surface area contributed by atoms with E-state index < -0.39 is 0 Å². The first kappa shape index (κ1) is 6.61. The van der Waals surface area contributed by atoms with E-state index in [0.29, 0.717) is 6.54 Å². The van der Waals surface area contributed by atoms with Crippen LogP contribution in [0.2, 0.25) is 0 Å². The van der Waals surface area contributed by atoms with Crippen LogP contribution in [0.5, 0.6) is 0 Å². The van der Waals surface area contributed by atoms with E-state index in [1.807, 2.05) is 0 Å². The van der Waals surface area contributed by atoms with Crippen molar-refractivity contribution in [3.63, 3.8) is 0 Å². The highest BCUT2D eigenvalue weighted by Crippen LogP contribution is 1.85. The average Bonchev–Trinajstić information content (AvgIpc) is 2.18. The Morgan fingerprint density at radius 2 is 2.56 bits per heavy atom. The van der Waals surface area contributed by atoms with Crippen molar-refractivity contribution in [2.45, 2.75) is 6.54 Å². The number of alkyl halides is 1. The predicted molar refractivity (Wildman–Crippen MR) is 36.8 cm³/mol. The minimum Gasteiger partial charge on any atom is -0.384 e. The number of hydrogen-bond donors (Lipinski definition) is 0. The van der Waals surface area contributed by atoms with Crippen LogP contribution in [-0.2, 0) is 6.54 Å². The monoisotopic (exact) mass is 191 g/mol. The fourth-order valence-corrected chi connectivity index (χ4v) is 0.859. The molecular weight excluding hydrogens is 186 g/mol. The molecular formula is C5H6BrNO2. The van der Waals surface area contributed by atoms with Crippen molar-refractivity contribution in [2.24, 2.45) is 0 Å². The van der Waals surface area contributed by atoms with Crippen LogP contribution in [0.4, 0.5) is 0 Å². The van der Waals surface area contributed by atoms with Gasteiger partial charge in [0, 0.05) is 11.4 Å². The SMILES string of the molecule is O=c1ccon1CCBr. The quantitative estimate of drug-likeness (QED) is 0.650. The van der Waals surface area contributed by atoms with Crippen LogP contribution in [0.3, 0.4) is 0 Å². The van der Waals surface area contributed by atoms with Crippen LogP contribution >= 0.6 is 15.9 Å². The largest absolute Gasteiger partial charge is 0.384 e. The maximum Gasteiger partial charge on any atom is 0.282 e. The third kappa shape index (κ3) is 1.45. The summed E-state index contributed by atoms with van der Waals surface area (Å²) in [6.07, 6.45) is 1.38. The smallest absolute Gasteiger partial charge is 0.282 e. The summed E-state index contributed by atoms with van der Waals surface area (Å²) in [5.41, 5.74) is -0.0885. The zero-order valence-electron chi connectivity index (χ0n) is 4.71. The van der Waals surface area contributed by atoms with Gasteiger partial charge in [-0.05, 0) is 0 Å². The molecule has 0 saturated carbocycles. The Kier molecular flexibility index (Phi) is 2.10. The van der Waals surface area contributed by atoms with E-state index in [1.165, 1.54) is 17.1 Å². The highest BCUT2D eigenvalue weighted by molar-refractivity contribution is 9.09. The summed E-state index contributed by atoms with van der Waals surface area (Å²) >= 11 is 3.19. The van der Waals surface area contributed by atoms with Gasteiger partial charge in [-0.3, -0.25) is 4.79 Å². The molecule has 9 heavy (non-hydrogen) atoms. The molecule has 0 saturated heterocycles. The van der Waals surface area contributed by atoms with Crippen LogP contribution < -0.4 is 5.56 Å². The van der Waals surface area contributed by atoms with Crippen molar-refractivity contribution >= 4 is 15.9 Å². The van der Waals surface area contributed by atoms with Crippen molar-refractivity contribution in [2.75, 3.05) is 5.33 Å². The Hall–Kier alpha value is -0.510. The second-order valence-electron chi connectivity index (χ2n) is 1.54. The van der Waals surface area contributed by atoms with Crippen LogP contribution in [0.1, 0.15) is 0 Å². The first-order chi connectivity index (χ1) is 4.34. The van der Waals surface area contributed by atoms with Gasteiger partial charge in [-0.1, -0.05) is 15.9 Å². The molecule has 0 fully saturated rings. The number of rotatable bonds is 2. The zero-order valence-corrected chi connectivity index (χ0v) is 6.30. The molecule has 4 heteroatoms. The van der Waals surface area contributed by atoms with Gasteiger partial charge in [0.15, 0.2) is 0 Å². The molecule has 0 unspecified atom stereocenters. The average molecular weight is 192 g/mol. The van der Waals surface area contributed by atoms with E-state index in [0.717, 1.165) is 5.33 Å². The molecule has 0 aliphatic rings. The van der Waals surface area contributed by atoms with Crippen molar-refractivity contribution < 1.29 is 4.52 Å². The molecule has 0 amide bonds. The van der Waals surface area contributed by atoms with Crippen LogP contribution in [0, 0.1) is 0 Å². The van der Waals surface area contributed by atoms with Crippen molar-refractivity contribution in [1.82, 2.24) is 4.74 Å². The lowest BCUT2D eigenvalue weighted by Gasteiger charge is -1.90. The molecule has 0 aromatic carbocycles. The number of hydrogen-bond acceptors (Lipinski definition) is 2. The zero-order chi connectivity index (χ0) is 6.69. The molecule has 1 aromatic rings. The van der Waals surface area contributed by atoms with Crippen LogP contribution in [0.25, 0.3) is 0 Å². The number of halogens is 1. The number of nitrogens with zero attached hydrogens (tertiary/aromatic N) is 1. The third-order valence-corrected chi connectivity index (χ3v) is 1.29. The van der Waals surface area contributed by atoms with Gasteiger partial charge in [-0.15, -0.1) is 0 Å². The van der Waals surface area contributed by atoms with E-state index in [-0.39, 0.29) is 5.56 Å². The molecule has 0 radical (unpaired) electrons. The highest BCUT2D eigenvalue weighted by atomic mass is 79.9. The van der Waals surface area contributed by atoms with Gasteiger partial charge in [-0.2, -0.15) is 4.74 Å². The van der Waals surface area contributed by atoms with Gasteiger partial charge >= 0.3 is 0 Å². The first-order valence-corrected chi connectivity index (χ1v) is 3.67. The van der Waals surface area contributed by atoms with E-state index in [1.54, 1.807) is 0 Å². The van der Waals surface area contributed by atoms with Crippen LogP contribution in [-0.4, -0.2) is 10.1 Å². The van der Waals surface area contributed by atoms with Crippen molar-refractivity contribution in [3.05, 3.63) is 22.7 Å². The summed E-state index contributed by atoms with van der Waals surface area (Å²) < 4.78 is 6.07. The van der Waals surface area contributed by atoms with Crippen molar-refractivity contribution in [3.8, 4) is 0 Å². The minimum atomic E-state index is -0.0885. The van der Waals surface area contributed by atoms with Gasteiger partial charge in [0.1, 0.15) is 6.26 Å². The Morgan fingerprint density at radius 1 is 1.78 bits per heavy atom. The lowest BCUT2D eigenvalue weighted by atomic mass is 10.7. The lowest BCUT2D eigenvalue weighted by molar-refractivity contribution is 0.272. The summed E-state index contributed by atoms with van der Waals surface area (Å²) in [4.78, 5) is 10.7. The summed E-state index contributed by atoms with van der Waals surface area (Å²) in [5, 5.41) is 0.737. The molecule has 1 rings (SSSR count). The van der Waals surface area contributed by atoms with E-state index >= 15 is 0 Å². The highest BCUT2D eigenvalue weighted by Gasteiger charge is 1.93. The molecule has 0 N–H and O–H groups in total. The minimum absolute atomic E-state index is 0.0885. The van der Waals surface area contributed by atoms with Crippen LogP contribution in [0.15, 0.2) is 21.6 Å². The molecule has 1 heterocycles. The molecule has 0 aliphatic heterocycles. The Morgan fingerprint density at radius 3 is 3.00 bits per heavy atom. The van der Waals surface area contributed by atoms with Crippen molar-refractivity contribution in [1.29, 1.82) is 0 Å². The molecule has 0 aliphatic carbocycles. The number of aryl methyl sites for hydroxylation is 1. The van der Waals surface area contributed by atoms with Gasteiger partial charge in [0.2, 0.25) is 0 Å². The predicted octanol–water partition coefficient (Wildman–Crippen LogP) is 0.836. The summed E-state index contributed by atoms with van der Waals surface area (Å²) in [6, 6.07) is 1.39. The summed E-state index contributed by atoms with van der Waals surface area (Å²) in [6.45, 7) is 0.589. The molecule has 0 spiro atoms. The molecule has 1 aromatic heterocycles. The van der Waals surface area contributed by atoms with Gasteiger partial charge in [0.25, 0.3) is 5.56 Å². The summed E-state index contributed by atoms with van der Waals surface area (Å²) in [5.74, 6) is 0. The van der Waals surface area contributed by atoms with E-state index in [2.05, 4.69) is 15.9 Å². The van der Waals surface area contributed by atoms with Gasteiger partial charge in [0.05, 0.1) is 6.54 Å². The molecule has 50 valence electrons. The fraction of sp³-hybridized carbons (Fsp3) is 0.400. The van der Waals surface area contributed by atoms with Gasteiger partial charge < -0.3 is 4.52 Å². The fourth-order valence-electron chi connectivity index (χ4n) is 0.537. The second kappa shape index (κ2) is 2.87. The Labute approximate surface area is 60.4 Å². The molecule has 0 atom stereocenters. The van der Waals surface area contributed by atoms with Gasteiger partial charge in [-0.25, -0.2) is 0 Å². The standard InChI is InChI=1S/C5H6BrNO2/c6-2-3-7-5(8)1-4-9-7/h1,4H,2-3H2. The number of aromatic nitrogens is 1. The van der Waals surface area contributed by atoms with E-state index in [4.69, 9.17) is 4.52 Å². The third-order valence-electron chi connectivity index (χ3n) is 0.932. The maximum atomic E-state index is 10.7. The Bertz CT molecular complexity index is 227. The second-order valence-corrected chi connectivity index (χ2v) is 2.33. The maximum absolute atomic E-state index is 10.7. The molecule has 0 bridgehead atoms. The first-order valence-electron chi connectivity index (χ1n) is 2.55. The normalized spacial score (nSPS) is 9.89. The lowest BCUT2D eigenvalue weighted by Crippen LogP contribution is -2.13. The molecule has 3 nitrogen and oxygen atoms in total. The Balaban J connectivity index is 2.81. The topological polar surface area (TPSA) is 35.1 Å².